The lowest BCUT2D eigenvalue weighted by atomic mass is 9.47. The number of methoxy groups -OCH3 is 2. The number of nitrogens with zero attached hydrogens (tertiary/aromatic N) is 2. The normalized spacial score (nSPS) is 30.3. The Labute approximate surface area is 356 Å². The number of esters is 1. The average Bonchev–Trinajstić information content (AvgIpc) is 3.63. The van der Waals surface area contributed by atoms with Crippen molar-refractivity contribution in [1.29, 1.82) is 0 Å². The van der Waals surface area contributed by atoms with E-state index in [1.165, 1.54) is 7.11 Å². The molecule has 3 aromatic rings. The zero-order chi connectivity index (χ0) is 43.9. The fraction of sp³-hybridized carbons (Fsp3) is 0.543. The Bertz CT molecular complexity index is 2320. The van der Waals surface area contributed by atoms with Gasteiger partial charge in [-0.3, -0.25) is 19.9 Å². The minimum atomic E-state index is -2.49. The van der Waals surface area contributed by atoms with Crippen molar-refractivity contribution >= 4 is 34.6 Å². The van der Waals surface area contributed by atoms with Gasteiger partial charge in [-0.15, -0.1) is 0 Å². The van der Waals surface area contributed by atoms with Crippen LogP contribution in [0.25, 0.3) is 10.9 Å². The van der Waals surface area contributed by atoms with E-state index in [4.69, 9.17) is 19.9 Å². The molecule has 9 atom stereocenters. The van der Waals surface area contributed by atoms with Crippen molar-refractivity contribution in [3.05, 3.63) is 82.6 Å². The lowest BCUT2D eigenvalue weighted by molar-refractivity contribution is -0.204. The molecule has 61 heavy (non-hydrogen) atoms. The number of nitrogens with two attached hydrogens (primary N) is 1. The smallest absolute Gasteiger partial charge is 0.426 e. The molecule has 4 heterocycles. The van der Waals surface area contributed by atoms with E-state index in [9.17, 15) is 24.9 Å². The van der Waals surface area contributed by atoms with Crippen LogP contribution in [0.15, 0.2) is 60.2 Å². The van der Waals surface area contributed by atoms with Crippen molar-refractivity contribution in [2.75, 3.05) is 52.4 Å². The van der Waals surface area contributed by atoms with E-state index in [1.54, 1.807) is 28.0 Å². The highest BCUT2D eigenvalue weighted by molar-refractivity contribution is 5.99. The van der Waals surface area contributed by atoms with Crippen molar-refractivity contribution in [3.8, 4) is 5.75 Å². The number of anilines is 1. The summed E-state index contributed by atoms with van der Waals surface area (Å²) in [6, 6.07) is 10.3. The van der Waals surface area contributed by atoms with E-state index < -0.39 is 63.6 Å². The number of carbonyl (C=O) groups excluding carboxylic acids is 3. The highest BCUT2D eigenvalue weighted by Crippen LogP contribution is 2.68. The summed E-state index contributed by atoms with van der Waals surface area (Å²) in [4.78, 5) is 50.2. The molecule has 1 spiro atoms. The highest BCUT2D eigenvalue weighted by atomic mass is 16.6. The zero-order valence-electron chi connectivity index (χ0n) is 36.1. The van der Waals surface area contributed by atoms with Gasteiger partial charge in [0.1, 0.15) is 11.9 Å². The molecule has 328 valence electrons. The van der Waals surface area contributed by atoms with Crippen LogP contribution in [-0.4, -0.2) is 120 Å². The largest absolute Gasteiger partial charge is 0.496 e. The lowest BCUT2D eigenvalue weighted by Gasteiger charge is -2.63. The number of aromatic amines is 1. The van der Waals surface area contributed by atoms with Crippen molar-refractivity contribution in [2.45, 2.75) is 100 Å². The molecule has 15 nitrogen and oxygen atoms in total. The Kier molecular flexibility index (Phi) is 10.6. The first-order valence-electron chi connectivity index (χ1n) is 21.5. The van der Waals surface area contributed by atoms with E-state index in [-0.39, 0.29) is 12.5 Å². The van der Waals surface area contributed by atoms with Gasteiger partial charge in [0.15, 0.2) is 11.0 Å². The summed E-state index contributed by atoms with van der Waals surface area (Å²) >= 11 is 0. The third kappa shape index (κ3) is 5.83. The number of nitrogens with one attached hydrogen (secondary N) is 3. The molecule has 0 bridgehead atoms. The van der Waals surface area contributed by atoms with Crippen molar-refractivity contribution in [3.63, 3.8) is 0 Å². The molecule has 2 aliphatic carbocycles. The number of hydrogen-bond donors (Lipinski definition) is 7. The Morgan fingerprint density at radius 3 is 2.52 bits per heavy atom. The summed E-state index contributed by atoms with van der Waals surface area (Å²) in [7, 11) is 4.70. The van der Waals surface area contributed by atoms with Gasteiger partial charge in [0.25, 0.3) is 5.91 Å². The third-order valence-corrected chi connectivity index (χ3v) is 14.9. The first-order chi connectivity index (χ1) is 29.1. The van der Waals surface area contributed by atoms with Crippen LogP contribution in [0.1, 0.15) is 75.8 Å². The molecule has 8 N–H and O–H groups in total. The standard InChI is InChI=1S/C46H60N6O9/c1-8-42(4,57)25-26-22-29(26)45(40(55)60-7,35-28(16-19-47)27-14-11-12-15-32(27)48-35)31-23-30-33(24-34(31)59-6)51(5)37-44(30)18-21-52-20-13-17-43(9-2,36(44)52)38(53)46(37,58)39(54)49-50-41(56)61-10-3/h11-15,17,22-24,26,36-38,48,53,57-58H,8-10,16,18-21,25,47H2,1-7H3,(H,49,54)(H,50,56)/t26-,36-,37+,38+,42-,43+,44+,45-,46-/m0/s1. The highest BCUT2D eigenvalue weighted by Gasteiger charge is 2.79. The number of amides is 2. The SMILES string of the molecule is CCOC(=O)NNC(=O)[C@@]1(O)[C@H](O)[C@]2(CC)C=CCN3CC[C@@]4(c5cc([C@@](C(=O)OC)(C6=C[C@H]6C[C@@](C)(O)CC)c6[nH]c7ccccc7c6CCN)c(OC)cc5N(C)[C@@H]14)[C@@H]32. The second kappa shape index (κ2) is 15.2. The number of allylic oxidation sites excluding steroid dienone is 1. The fourth-order valence-electron chi connectivity index (χ4n) is 12.1. The van der Waals surface area contributed by atoms with Gasteiger partial charge >= 0.3 is 12.1 Å². The Balaban J connectivity index is 1.43. The fourth-order valence-corrected chi connectivity index (χ4v) is 12.1. The van der Waals surface area contributed by atoms with Gasteiger partial charge in [-0.05, 0) is 87.9 Å². The molecule has 1 saturated heterocycles. The molecular weight excluding hydrogens is 781 g/mol. The van der Waals surface area contributed by atoms with Gasteiger partial charge in [-0.25, -0.2) is 10.2 Å². The Hall–Kier alpha value is -4.93. The molecule has 0 unspecified atom stereocenters. The summed E-state index contributed by atoms with van der Waals surface area (Å²) in [6.07, 6.45) is 5.60. The third-order valence-electron chi connectivity index (χ3n) is 14.9. The van der Waals surface area contributed by atoms with E-state index >= 15 is 4.79 Å². The maximum atomic E-state index is 15.3. The van der Waals surface area contributed by atoms with Gasteiger partial charge in [0, 0.05) is 70.3 Å². The van der Waals surface area contributed by atoms with Crippen LogP contribution in [0, 0.1) is 11.3 Å². The van der Waals surface area contributed by atoms with Crippen molar-refractivity contribution in [1.82, 2.24) is 20.7 Å². The number of H-pyrrole nitrogens is 1. The number of aromatic nitrogens is 1. The van der Waals surface area contributed by atoms with Gasteiger partial charge in [-0.1, -0.05) is 50.3 Å². The monoisotopic (exact) mass is 840 g/mol. The summed E-state index contributed by atoms with van der Waals surface area (Å²) in [5.74, 6) is -1.47. The van der Waals surface area contributed by atoms with Crippen LogP contribution in [-0.2, 0) is 36.3 Å². The van der Waals surface area contributed by atoms with Gasteiger partial charge in [0.2, 0.25) is 0 Å². The average molecular weight is 841 g/mol. The summed E-state index contributed by atoms with van der Waals surface area (Å²) < 4.78 is 17.2. The maximum Gasteiger partial charge on any atom is 0.426 e. The lowest BCUT2D eigenvalue weighted by Crippen LogP contribution is -2.82. The number of para-hydroxylation sites is 1. The molecule has 1 saturated carbocycles. The number of aliphatic hydroxyl groups excluding tert-OH is 1. The number of aliphatic hydroxyl groups is 3. The molecular formula is C46H60N6O9. The van der Waals surface area contributed by atoms with Crippen LogP contribution < -0.4 is 26.2 Å². The molecule has 2 amide bonds. The molecule has 8 rings (SSSR count). The maximum absolute atomic E-state index is 15.3. The number of rotatable bonds is 13. The summed E-state index contributed by atoms with van der Waals surface area (Å²) in [5, 5.41) is 38.2. The number of hydrogen-bond acceptors (Lipinski definition) is 12. The van der Waals surface area contributed by atoms with Crippen molar-refractivity contribution < 1.29 is 43.9 Å². The van der Waals surface area contributed by atoms with Crippen LogP contribution in [0.4, 0.5) is 10.5 Å². The second-order valence-corrected chi connectivity index (χ2v) is 17.8. The predicted molar refractivity (Wildman–Crippen MR) is 229 cm³/mol. The minimum absolute atomic E-state index is 0.0542. The molecule has 1 aromatic heterocycles. The van der Waals surface area contributed by atoms with Crippen LogP contribution in [0.2, 0.25) is 0 Å². The second-order valence-electron chi connectivity index (χ2n) is 17.8. The molecule has 3 aliphatic heterocycles. The van der Waals surface area contributed by atoms with Crippen LogP contribution >= 0.6 is 0 Å². The zero-order valence-corrected chi connectivity index (χ0v) is 36.1. The first kappa shape index (κ1) is 42.7. The quantitative estimate of drug-likeness (QED) is 0.0752. The molecule has 2 fully saturated rings. The topological polar surface area (TPSA) is 212 Å². The molecule has 0 radical (unpaired) electrons. The minimum Gasteiger partial charge on any atom is -0.496 e. The van der Waals surface area contributed by atoms with Crippen molar-refractivity contribution in [2.24, 2.45) is 17.1 Å². The van der Waals surface area contributed by atoms with E-state index in [1.807, 2.05) is 73.4 Å². The number of carbonyl (C=O) groups is 3. The Morgan fingerprint density at radius 1 is 1.10 bits per heavy atom. The first-order valence-corrected chi connectivity index (χ1v) is 21.5. The number of benzene rings is 2. The van der Waals surface area contributed by atoms with E-state index in [0.29, 0.717) is 74.4 Å². The summed E-state index contributed by atoms with van der Waals surface area (Å²) in [6.45, 7) is 8.85. The van der Waals surface area contributed by atoms with Gasteiger partial charge < -0.3 is 45.1 Å². The van der Waals surface area contributed by atoms with Gasteiger partial charge in [0.05, 0.1) is 32.5 Å². The number of fused-ring (bicyclic) bond motifs is 2. The molecule has 15 heteroatoms. The van der Waals surface area contributed by atoms with Gasteiger partial charge in [-0.2, -0.15) is 0 Å². The van der Waals surface area contributed by atoms with E-state index in [2.05, 4.69) is 20.7 Å². The molecule has 2 aromatic carbocycles. The van der Waals surface area contributed by atoms with Crippen LogP contribution in [0.3, 0.4) is 0 Å². The van der Waals surface area contributed by atoms with E-state index in [0.717, 1.165) is 27.6 Å². The Morgan fingerprint density at radius 2 is 1.85 bits per heavy atom. The molecule has 5 aliphatic rings. The predicted octanol–water partition coefficient (Wildman–Crippen LogP) is 3.22. The van der Waals surface area contributed by atoms with Crippen LogP contribution in [0.5, 0.6) is 5.75 Å². The number of hydrazine groups is 1. The number of likely N-dealkylation sites (N-methyl/N-ethyl adjacent to an activating group) is 1. The number of ether oxygens (including phenoxy) is 3. The summed E-state index contributed by atoms with van der Waals surface area (Å²) in [5.41, 5.74) is 8.59.